The number of fused-ring (bicyclic) bond motifs is 1. The Hall–Kier alpha value is -2.64. The second kappa shape index (κ2) is 5.19. The van der Waals surface area contributed by atoms with Crippen LogP contribution in [0.1, 0.15) is 12.0 Å². The molecule has 1 fully saturated rings. The van der Waals surface area contributed by atoms with Crippen LogP contribution in [0.25, 0.3) is 16.7 Å². The number of aromatic nitrogens is 3. The van der Waals surface area contributed by atoms with Crippen LogP contribution in [-0.2, 0) is 6.18 Å². The van der Waals surface area contributed by atoms with Gasteiger partial charge in [-0.1, -0.05) is 0 Å². The van der Waals surface area contributed by atoms with E-state index >= 15 is 0 Å². The van der Waals surface area contributed by atoms with Crippen molar-refractivity contribution in [2.75, 3.05) is 18.0 Å². The number of alkyl halides is 3. The van der Waals surface area contributed by atoms with Crippen LogP contribution in [0.3, 0.4) is 0 Å². The molecule has 124 valence electrons. The predicted octanol–water partition coefficient (Wildman–Crippen LogP) is 3.79. The highest BCUT2D eigenvalue weighted by molar-refractivity contribution is 5.75. The zero-order chi connectivity index (χ0) is 16.9. The molecule has 3 aromatic rings. The van der Waals surface area contributed by atoms with Crippen LogP contribution in [-0.4, -0.2) is 27.9 Å². The molecule has 1 saturated heterocycles. The number of nitrogens with zero attached hydrogens (tertiary/aromatic N) is 4. The average Bonchev–Trinajstić information content (AvgIpc) is 2.89. The summed E-state index contributed by atoms with van der Waals surface area (Å²) < 4.78 is 53.7. The van der Waals surface area contributed by atoms with Gasteiger partial charge in [0.1, 0.15) is 11.5 Å². The number of rotatable bonds is 2. The van der Waals surface area contributed by atoms with E-state index in [-0.39, 0.29) is 16.7 Å². The molecular formula is C16H12F4N4. The van der Waals surface area contributed by atoms with Crippen molar-refractivity contribution in [3.63, 3.8) is 0 Å². The molecule has 1 aliphatic heterocycles. The Morgan fingerprint density at radius 1 is 1.08 bits per heavy atom. The van der Waals surface area contributed by atoms with Crippen LogP contribution in [0.15, 0.2) is 36.7 Å². The Bertz CT molecular complexity index is 912. The summed E-state index contributed by atoms with van der Waals surface area (Å²) in [6.45, 7) is 1.81. The molecule has 0 aliphatic carbocycles. The Labute approximate surface area is 134 Å². The first-order chi connectivity index (χ1) is 11.4. The van der Waals surface area contributed by atoms with Crippen molar-refractivity contribution in [2.24, 2.45) is 0 Å². The second-order valence-electron chi connectivity index (χ2n) is 5.68. The minimum Gasteiger partial charge on any atom is -0.371 e. The highest BCUT2D eigenvalue weighted by Crippen LogP contribution is 2.31. The molecular weight excluding hydrogens is 324 g/mol. The standard InChI is InChI=1S/C16H12F4N4/c17-13-3-2-12(23-4-1-5-23)7-14(13)24-9-10-6-11(16(18,19)20)8-21-15(10)22-24/h2-3,6-9H,1,4-5H2. The van der Waals surface area contributed by atoms with Crippen LogP contribution in [0.5, 0.6) is 0 Å². The molecule has 0 saturated carbocycles. The Kier molecular flexibility index (Phi) is 3.22. The van der Waals surface area contributed by atoms with E-state index in [2.05, 4.69) is 15.0 Å². The molecule has 2 aromatic heterocycles. The van der Waals surface area contributed by atoms with Gasteiger partial charge in [0, 0.05) is 36.6 Å². The smallest absolute Gasteiger partial charge is 0.371 e. The summed E-state index contributed by atoms with van der Waals surface area (Å²) in [5, 5.41) is 4.30. The van der Waals surface area contributed by atoms with Crippen molar-refractivity contribution in [1.29, 1.82) is 0 Å². The minimum absolute atomic E-state index is 0.136. The third-order valence-corrected chi connectivity index (χ3v) is 4.08. The quantitative estimate of drug-likeness (QED) is 0.668. The van der Waals surface area contributed by atoms with Crippen molar-refractivity contribution in [3.8, 4) is 5.69 Å². The van der Waals surface area contributed by atoms with Gasteiger partial charge in [0.15, 0.2) is 5.65 Å². The summed E-state index contributed by atoms with van der Waals surface area (Å²) in [7, 11) is 0. The molecule has 0 bridgehead atoms. The van der Waals surface area contributed by atoms with E-state index in [0.29, 0.717) is 0 Å². The van der Waals surface area contributed by atoms with Crippen molar-refractivity contribution in [1.82, 2.24) is 14.8 Å². The molecule has 24 heavy (non-hydrogen) atoms. The van der Waals surface area contributed by atoms with E-state index < -0.39 is 17.6 Å². The summed E-state index contributed by atoms with van der Waals surface area (Å²) in [6.07, 6.45) is -1.31. The highest BCUT2D eigenvalue weighted by Gasteiger charge is 2.31. The molecule has 0 amide bonds. The van der Waals surface area contributed by atoms with Gasteiger partial charge in [-0.2, -0.15) is 13.2 Å². The van der Waals surface area contributed by atoms with E-state index in [4.69, 9.17) is 0 Å². The first-order valence-electron chi connectivity index (χ1n) is 7.39. The number of hydrogen-bond donors (Lipinski definition) is 0. The number of hydrogen-bond acceptors (Lipinski definition) is 3. The first kappa shape index (κ1) is 14.9. The van der Waals surface area contributed by atoms with Gasteiger partial charge in [-0.05, 0) is 30.7 Å². The summed E-state index contributed by atoms with van der Waals surface area (Å²) >= 11 is 0. The lowest BCUT2D eigenvalue weighted by molar-refractivity contribution is -0.137. The lowest BCUT2D eigenvalue weighted by atomic mass is 10.1. The molecule has 0 N–H and O–H groups in total. The van der Waals surface area contributed by atoms with Crippen LogP contribution in [0.4, 0.5) is 23.2 Å². The fourth-order valence-corrected chi connectivity index (χ4v) is 2.64. The summed E-state index contributed by atoms with van der Waals surface area (Å²) in [5.74, 6) is -0.497. The molecule has 4 rings (SSSR count). The number of benzene rings is 1. The predicted molar refractivity (Wildman–Crippen MR) is 80.7 cm³/mol. The van der Waals surface area contributed by atoms with E-state index in [9.17, 15) is 17.6 Å². The van der Waals surface area contributed by atoms with Crippen molar-refractivity contribution >= 4 is 16.7 Å². The third kappa shape index (κ3) is 2.47. The molecule has 3 heterocycles. The van der Waals surface area contributed by atoms with Gasteiger partial charge < -0.3 is 4.90 Å². The fraction of sp³-hybridized carbons (Fsp3) is 0.250. The van der Waals surface area contributed by atoms with E-state index in [1.165, 1.54) is 16.9 Å². The molecule has 1 aromatic carbocycles. The largest absolute Gasteiger partial charge is 0.417 e. The van der Waals surface area contributed by atoms with E-state index in [0.717, 1.165) is 37.5 Å². The van der Waals surface area contributed by atoms with Gasteiger partial charge in [-0.25, -0.2) is 14.1 Å². The van der Waals surface area contributed by atoms with Gasteiger partial charge in [0.05, 0.1) is 5.56 Å². The lowest BCUT2D eigenvalue weighted by Crippen LogP contribution is -2.37. The topological polar surface area (TPSA) is 34.0 Å². The van der Waals surface area contributed by atoms with Crippen molar-refractivity contribution < 1.29 is 17.6 Å². The minimum atomic E-state index is -4.48. The summed E-state index contributed by atoms with van der Waals surface area (Å²) in [6, 6.07) is 5.62. The third-order valence-electron chi connectivity index (χ3n) is 4.08. The zero-order valence-corrected chi connectivity index (χ0v) is 12.4. The van der Waals surface area contributed by atoms with Crippen LogP contribution >= 0.6 is 0 Å². The van der Waals surface area contributed by atoms with Crippen LogP contribution in [0.2, 0.25) is 0 Å². The molecule has 0 unspecified atom stereocenters. The van der Waals surface area contributed by atoms with Crippen molar-refractivity contribution in [3.05, 3.63) is 48.0 Å². The lowest BCUT2D eigenvalue weighted by Gasteiger charge is -2.33. The summed E-state index contributed by atoms with van der Waals surface area (Å²) in [4.78, 5) is 5.81. The van der Waals surface area contributed by atoms with E-state index in [1.54, 1.807) is 12.1 Å². The SMILES string of the molecule is Fc1ccc(N2CCC2)cc1-n1cc2cc(C(F)(F)F)cnc2n1. The number of halogens is 4. The fourth-order valence-electron chi connectivity index (χ4n) is 2.64. The number of pyridine rings is 1. The Morgan fingerprint density at radius 3 is 2.54 bits per heavy atom. The normalized spacial score (nSPS) is 14.9. The van der Waals surface area contributed by atoms with Crippen molar-refractivity contribution in [2.45, 2.75) is 12.6 Å². The van der Waals surface area contributed by atoms with Gasteiger partial charge in [-0.3, -0.25) is 0 Å². The maximum Gasteiger partial charge on any atom is 0.417 e. The molecule has 4 nitrogen and oxygen atoms in total. The maximum atomic E-state index is 14.2. The van der Waals surface area contributed by atoms with Gasteiger partial charge in [0.2, 0.25) is 0 Å². The monoisotopic (exact) mass is 336 g/mol. The first-order valence-corrected chi connectivity index (χ1v) is 7.39. The average molecular weight is 336 g/mol. The highest BCUT2D eigenvalue weighted by atomic mass is 19.4. The van der Waals surface area contributed by atoms with E-state index in [1.807, 2.05) is 0 Å². The second-order valence-corrected chi connectivity index (χ2v) is 5.68. The van der Waals surface area contributed by atoms with Gasteiger partial charge in [0.25, 0.3) is 0 Å². The molecule has 8 heteroatoms. The van der Waals surface area contributed by atoms with Crippen LogP contribution < -0.4 is 4.90 Å². The number of anilines is 1. The van der Waals surface area contributed by atoms with Gasteiger partial charge >= 0.3 is 6.18 Å². The maximum absolute atomic E-state index is 14.2. The van der Waals surface area contributed by atoms with Crippen LogP contribution in [0, 0.1) is 5.82 Å². The Balaban J connectivity index is 1.79. The van der Waals surface area contributed by atoms with Gasteiger partial charge in [-0.15, -0.1) is 5.10 Å². The molecule has 1 aliphatic rings. The Morgan fingerprint density at radius 2 is 1.88 bits per heavy atom. The molecule has 0 atom stereocenters. The summed E-state index contributed by atoms with van der Waals surface area (Å²) in [5.41, 5.74) is 0.327. The molecule has 0 spiro atoms. The zero-order valence-electron chi connectivity index (χ0n) is 12.4. The molecule has 0 radical (unpaired) electrons.